The average Bonchev–Trinajstić information content (AvgIpc) is 2.45. The summed E-state index contributed by atoms with van der Waals surface area (Å²) >= 11 is 0. The molecule has 0 fully saturated rings. The van der Waals surface area contributed by atoms with E-state index >= 15 is 0 Å². The molecule has 0 amide bonds. The molecule has 0 spiro atoms. The molecule has 0 atom stereocenters. The van der Waals surface area contributed by atoms with Gasteiger partial charge in [-0.05, 0) is 37.0 Å². The highest BCUT2D eigenvalue weighted by Gasteiger charge is 2.12. The molecule has 20 heavy (non-hydrogen) atoms. The van der Waals surface area contributed by atoms with E-state index in [1.54, 1.807) is 12.1 Å². The SMILES string of the molecule is CCCCCNS(=O)(=O)c1ccc(CCCON)cc1. The van der Waals surface area contributed by atoms with Crippen molar-refractivity contribution in [3.63, 3.8) is 0 Å². The van der Waals surface area contributed by atoms with Crippen molar-refractivity contribution in [1.29, 1.82) is 0 Å². The fourth-order valence-electron chi connectivity index (χ4n) is 1.86. The fraction of sp³-hybridized carbons (Fsp3) is 0.571. The van der Waals surface area contributed by atoms with Gasteiger partial charge in [-0.1, -0.05) is 31.9 Å². The molecule has 0 aliphatic rings. The van der Waals surface area contributed by atoms with Gasteiger partial charge in [-0.3, -0.25) is 0 Å². The Hall–Kier alpha value is -0.950. The Kier molecular flexibility index (Phi) is 7.76. The summed E-state index contributed by atoms with van der Waals surface area (Å²) in [6.07, 6.45) is 4.61. The second-order valence-electron chi connectivity index (χ2n) is 4.72. The molecule has 0 unspecified atom stereocenters. The van der Waals surface area contributed by atoms with E-state index in [9.17, 15) is 8.42 Å². The number of unbranched alkanes of at least 4 members (excludes halogenated alkanes) is 2. The number of aryl methyl sites for hydroxylation is 1. The van der Waals surface area contributed by atoms with E-state index in [-0.39, 0.29) is 0 Å². The lowest BCUT2D eigenvalue weighted by Crippen LogP contribution is -2.24. The lowest BCUT2D eigenvalue weighted by atomic mass is 10.1. The summed E-state index contributed by atoms with van der Waals surface area (Å²) in [5, 5.41) is 0. The number of nitrogens with one attached hydrogen (secondary N) is 1. The molecule has 6 heteroatoms. The summed E-state index contributed by atoms with van der Waals surface area (Å²) < 4.78 is 26.7. The molecule has 1 aromatic rings. The molecule has 3 N–H and O–H groups in total. The molecule has 0 saturated heterocycles. The van der Waals surface area contributed by atoms with Gasteiger partial charge in [0.25, 0.3) is 0 Å². The van der Waals surface area contributed by atoms with Crippen molar-refractivity contribution in [2.75, 3.05) is 13.2 Å². The summed E-state index contributed by atoms with van der Waals surface area (Å²) in [5.41, 5.74) is 1.08. The zero-order valence-corrected chi connectivity index (χ0v) is 12.8. The Labute approximate surface area is 121 Å². The van der Waals surface area contributed by atoms with Crippen molar-refractivity contribution in [3.05, 3.63) is 29.8 Å². The lowest BCUT2D eigenvalue weighted by molar-refractivity contribution is 0.135. The first-order valence-electron chi connectivity index (χ1n) is 7.00. The number of hydrogen-bond acceptors (Lipinski definition) is 4. The minimum atomic E-state index is -3.38. The zero-order valence-electron chi connectivity index (χ0n) is 12.0. The number of benzene rings is 1. The third-order valence-corrected chi connectivity index (χ3v) is 4.51. The van der Waals surface area contributed by atoms with E-state index < -0.39 is 10.0 Å². The lowest BCUT2D eigenvalue weighted by Gasteiger charge is -2.07. The van der Waals surface area contributed by atoms with Gasteiger partial charge >= 0.3 is 0 Å². The molecule has 5 nitrogen and oxygen atoms in total. The van der Waals surface area contributed by atoms with Crippen molar-refractivity contribution in [3.8, 4) is 0 Å². The Morgan fingerprint density at radius 1 is 1.15 bits per heavy atom. The van der Waals surface area contributed by atoms with E-state index in [2.05, 4.69) is 16.5 Å². The third kappa shape index (κ3) is 6.00. The van der Waals surface area contributed by atoms with E-state index in [0.29, 0.717) is 18.0 Å². The molecule has 0 bridgehead atoms. The van der Waals surface area contributed by atoms with Crippen molar-refractivity contribution < 1.29 is 13.3 Å². The monoisotopic (exact) mass is 300 g/mol. The van der Waals surface area contributed by atoms with Crippen LogP contribution in [-0.2, 0) is 21.3 Å². The van der Waals surface area contributed by atoms with Crippen LogP contribution in [0.5, 0.6) is 0 Å². The highest BCUT2D eigenvalue weighted by atomic mass is 32.2. The standard InChI is InChI=1S/C14H24N2O3S/c1-2-3-4-11-16-20(17,18)14-9-7-13(8-10-14)6-5-12-19-15/h7-10,16H,2-6,11-12,15H2,1H3. The van der Waals surface area contributed by atoms with Crippen LogP contribution in [0.2, 0.25) is 0 Å². The molecule has 0 heterocycles. The Balaban J connectivity index is 2.53. The van der Waals surface area contributed by atoms with E-state index in [4.69, 9.17) is 5.90 Å². The summed E-state index contributed by atoms with van der Waals surface area (Å²) in [7, 11) is -3.38. The molecule has 0 radical (unpaired) electrons. The Morgan fingerprint density at radius 3 is 2.45 bits per heavy atom. The average molecular weight is 300 g/mol. The minimum Gasteiger partial charge on any atom is -0.305 e. The molecular formula is C14H24N2O3S. The van der Waals surface area contributed by atoms with Gasteiger partial charge in [0.2, 0.25) is 10.0 Å². The fourth-order valence-corrected chi connectivity index (χ4v) is 2.93. The maximum atomic E-state index is 12.0. The van der Waals surface area contributed by atoms with E-state index in [1.165, 1.54) is 0 Å². The summed E-state index contributed by atoms with van der Waals surface area (Å²) in [5.74, 6) is 4.95. The van der Waals surface area contributed by atoms with Gasteiger partial charge in [0.15, 0.2) is 0 Å². The molecule has 0 aromatic heterocycles. The first kappa shape index (κ1) is 17.1. The van der Waals surface area contributed by atoms with Gasteiger partial charge in [-0.2, -0.15) is 0 Å². The molecule has 1 aromatic carbocycles. The number of sulfonamides is 1. The highest BCUT2D eigenvalue weighted by Crippen LogP contribution is 2.12. The topological polar surface area (TPSA) is 81.4 Å². The molecule has 0 aliphatic carbocycles. The van der Waals surface area contributed by atoms with Gasteiger partial charge in [0.05, 0.1) is 11.5 Å². The smallest absolute Gasteiger partial charge is 0.240 e. The van der Waals surface area contributed by atoms with Crippen LogP contribution in [0.25, 0.3) is 0 Å². The van der Waals surface area contributed by atoms with Crippen molar-refractivity contribution >= 4 is 10.0 Å². The van der Waals surface area contributed by atoms with Crippen molar-refractivity contribution in [2.24, 2.45) is 5.90 Å². The predicted molar refractivity (Wildman–Crippen MR) is 79.6 cm³/mol. The summed E-state index contributed by atoms with van der Waals surface area (Å²) in [6.45, 7) is 3.08. The molecule has 0 aliphatic heterocycles. The summed E-state index contributed by atoms with van der Waals surface area (Å²) in [4.78, 5) is 4.81. The summed E-state index contributed by atoms with van der Waals surface area (Å²) in [6, 6.07) is 6.94. The quantitative estimate of drug-likeness (QED) is 0.511. The predicted octanol–water partition coefficient (Wildman–Crippen LogP) is 1.98. The molecule has 0 saturated carbocycles. The van der Waals surface area contributed by atoms with Crippen molar-refractivity contribution in [1.82, 2.24) is 4.72 Å². The van der Waals surface area contributed by atoms with E-state index in [1.807, 2.05) is 12.1 Å². The normalized spacial score (nSPS) is 11.7. The van der Waals surface area contributed by atoms with Crippen LogP contribution in [0, 0.1) is 0 Å². The first-order chi connectivity index (χ1) is 9.60. The van der Waals surface area contributed by atoms with Crippen LogP contribution in [0.4, 0.5) is 0 Å². The van der Waals surface area contributed by atoms with Gasteiger partial charge < -0.3 is 4.84 Å². The highest BCUT2D eigenvalue weighted by molar-refractivity contribution is 7.89. The number of nitrogens with two attached hydrogens (primary N) is 1. The van der Waals surface area contributed by atoms with Crippen LogP contribution < -0.4 is 10.6 Å². The maximum absolute atomic E-state index is 12.0. The van der Waals surface area contributed by atoms with Crippen molar-refractivity contribution in [2.45, 2.75) is 43.9 Å². The van der Waals surface area contributed by atoms with Gasteiger partial charge in [-0.15, -0.1) is 0 Å². The second kappa shape index (κ2) is 9.07. The van der Waals surface area contributed by atoms with Crippen LogP contribution in [0.1, 0.15) is 38.2 Å². The third-order valence-electron chi connectivity index (χ3n) is 3.03. The van der Waals surface area contributed by atoms with Crippen LogP contribution in [0.15, 0.2) is 29.2 Å². The number of rotatable bonds is 10. The largest absolute Gasteiger partial charge is 0.305 e. The second-order valence-corrected chi connectivity index (χ2v) is 6.49. The minimum absolute atomic E-state index is 0.313. The van der Waals surface area contributed by atoms with Gasteiger partial charge in [-0.25, -0.2) is 19.0 Å². The molecule has 1 rings (SSSR count). The Bertz CT molecular complexity index is 472. The van der Waals surface area contributed by atoms with Crippen LogP contribution >= 0.6 is 0 Å². The van der Waals surface area contributed by atoms with E-state index in [0.717, 1.165) is 37.7 Å². The van der Waals surface area contributed by atoms with Gasteiger partial charge in [0.1, 0.15) is 0 Å². The molecule has 114 valence electrons. The number of hydrogen-bond donors (Lipinski definition) is 2. The first-order valence-corrected chi connectivity index (χ1v) is 8.48. The molecular weight excluding hydrogens is 276 g/mol. The maximum Gasteiger partial charge on any atom is 0.240 e. The van der Waals surface area contributed by atoms with Crippen LogP contribution in [-0.4, -0.2) is 21.6 Å². The Morgan fingerprint density at radius 2 is 1.85 bits per heavy atom. The van der Waals surface area contributed by atoms with Crippen LogP contribution in [0.3, 0.4) is 0 Å². The van der Waals surface area contributed by atoms with Gasteiger partial charge in [0, 0.05) is 6.54 Å². The zero-order chi connectivity index (χ0) is 14.8.